The number of aliphatic hydroxyl groups is 2. The maximum Gasteiger partial charge on any atom is 0.305 e. The molecule has 0 radical (unpaired) electrons. The molecular formula is C70H137NO5. The molecule has 0 aliphatic carbocycles. The van der Waals surface area contributed by atoms with Crippen LogP contribution in [0.3, 0.4) is 0 Å². The molecule has 0 aromatic carbocycles. The number of nitrogens with one attached hydrogen (secondary N) is 1. The van der Waals surface area contributed by atoms with E-state index in [1.807, 2.05) is 0 Å². The molecule has 1 amide bonds. The van der Waals surface area contributed by atoms with Crippen LogP contribution in [0, 0.1) is 0 Å². The van der Waals surface area contributed by atoms with Crippen molar-refractivity contribution in [2.24, 2.45) is 0 Å². The summed E-state index contributed by atoms with van der Waals surface area (Å²) in [6.07, 6.45) is 81.2. The maximum atomic E-state index is 12.5. The van der Waals surface area contributed by atoms with Gasteiger partial charge in [0, 0.05) is 12.8 Å². The van der Waals surface area contributed by atoms with E-state index in [1.54, 1.807) is 0 Å². The average molecular weight is 1070 g/mol. The predicted octanol–water partition coefficient (Wildman–Crippen LogP) is 22.4. The third kappa shape index (κ3) is 61.8. The van der Waals surface area contributed by atoms with Gasteiger partial charge in [-0.15, -0.1) is 0 Å². The Morgan fingerprint density at radius 2 is 0.618 bits per heavy atom. The molecule has 76 heavy (non-hydrogen) atoms. The minimum atomic E-state index is -0.661. The number of aliphatic hydroxyl groups excluding tert-OH is 2. The number of ether oxygens (including phenoxy) is 1. The molecule has 3 N–H and O–H groups in total. The highest BCUT2D eigenvalue weighted by Crippen LogP contribution is 2.19. The Morgan fingerprint density at radius 3 is 0.947 bits per heavy atom. The molecule has 6 nitrogen and oxygen atoms in total. The Kier molecular flexibility index (Phi) is 64.9. The van der Waals surface area contributed by atoms with Crippen molar-refractivity contribution in [2.75, 3.05) is 13.2 Å². The van der Waals surface area contributed by atoms with Crippen LogP contribution in [0.25, 0.3) is 0 Å². The third-order valence-corrected chi connectivity index (χ3v) is 16.6. The van der Waals surface area contributed by atoms with Crippen molar-refractivity contribution >= 4 is 11.9 Å². The van der Waals surface area contributed by atoms with Crippen LogP contribution < -0.4 is 5.32 Å². The summed E-state index contributed by atoms with van der Waals surface area (Å²) in [5, 5.41) is 23.4. The first-order chi connectivity index (χ1) is 37.5. The molecule has 0 saturated heterocycles. The van der Waals surface area contributed by atoms with E-state index < -0.39 is 12.1 Å². The second-order valence-electron chi connectivity index (χ2n) is 24.2. The molecule has 452 valence electrons. The van der Waals surface area contributed by atoms with Gasteiger partial charge in [-0.05, 0) is 51.4 Å². The summed E-state index contributed by atoms with van der Waals surface area (Å²) in [4.78, 5) is 24.6. The van der Waals surface area contributed by atoms with E-state index in [2.05, 4.69) is 31.3 Å². The molecule has 0 aromatic heterocycles. The lowest BCUT2D eigenvalue weighted by Crippen LogP contribution is -2.45. The van der Waals surface area contributed by atoms with Crippen LogP contribution in [0.4, 0.5) is 0 Å². The fourth-order valence-electron chi connectivity index (χ4n) is 11.2. The van der Waals surface area contributed by atoms with Gasteiger partial charge in [0.15, 0.2) is 0 Å². The summed E-state index contributed by atoms with van der Waals surface area (Å²) in [5.41, 5.74) is 0. The Balaban J connectivity index is 3.32. The van der Waals surface area contributed by atoms with Crippen LogP contribution in [0.5, 0.6) is 0 Å². The molecule has 2 unspecified atom stereocenters. The van der Waals surface area contributed by atoms with Crippen molar-refractivity contribution in [3.05, 3.63) is 12.2 Å². The lowest BCUT2D eigenvalue weighted by atomic mass is 10.0. The molecule has 0 fully saturated rings. The van der Waals surface area contributed by atoms with Gasteiger partial charge in [-0.1, -0.05) is 347 Å². The van der Waals surface area contributed by atoms with Gasteiger partial charge in [-0.3, -0.25) is 9.59 Å². The van der Waals surface area contributed by atoms with Crippen molar-refractivity contribution in [1.82, 2.24) is 5.32 Å². The largest absolute Gasteiger partial charge is 0.466 e. The smallest absolute Gasteiger partial charge is 0.305 e. The maximum absolute atomic E-state index is 12.5. The SMILES string of the molecule is CCCCCC/C=C\CCCCCCCC(=O)OCCCCCCCCCCCCCCCCCCCCCCCCCCCCCCCCC(=O)NC(CO)C(O)CCCCCCCCCCCCCCCCCC. The fourth-order valence-corrected chi connectivity index (χ4v) is 11.2. The Hall–Kier alpha value is -1.40. The molecule has 0 aromatic rings. The summed E-state index contributed by atoms with van der Waals surface area (Å²) >= 11 is 0. The van der Waals surface area contributed by atoms with Crippen LogP contribution in [-0.4, -0.2) is 47.4 Å². The molecular weight excluding hydrogens is 935 g/mol. The molecule has 0 saturated carbocycles. The first-order valence-electron chi connectivity index (χ1n) is 34.9. The van der Waals surface area contributed by atoms with E-state index in [9.17, 15) is 19.8 Å². The zero-order valence-corrected chi connectivity index (χ0v) is 51.8. The van der Waals surface area contributed by atoms with E-state index in [1.165, 1.54) is 321 Å². The van der Waals surface area contributed by atoms with Gasteiger partial charge in [0.2, 0.25) is 5.91 Å². The summed E-state index contributed by atoms with van der Waals surface area (Å²) in [7, 11) is 0. The number of hydrogen-bond donors (Lipinski definition) is 3. The van der Waals surface area contributed by atoms with Crippen molar-refractivity contribution in [1.29, 1.82) is 0 Å². The highest BCUT2D eigenvalue weighted by Gasteiger charge is 2.20. The molecule has 0 aliphatic heterocycles. The number of hydrogen-bond acceptors (Lipinski definition) is 5. The monoisotopic (exact) mass is 1070 g/mol. The molecule has 0 bridgehead atoms. The first kappa shape index (κ1) is 74.6. The lowest BCUT2D eigenvalue weighted by Gasteiger charge is -2.22. The Morgan fingerprint density at radius 1 is 0.355 bits per heavy atom. The summed E-state index contributed by atoms with van der Waals surface area (Å²) in [6.45, 7) is 4.97. The highest BCUT2D eigenvalue weighted by atomic mass is 16.5. The number of amides is 1. The van der Waals surface area contributed by atoms with Crippen LogP contribution in [0.2, 0.25) is 0 Å². The van der Waals surface area contributed by atoms with E-state index in [-0.39, 0.29) is 18.5 Å². The van der Waals surface area contributed by atoms with Crippen molar-refractivity contribution < 1.29 is 24.5 Å². The second kappa shape index (κ2) is 66.1. The Bertz CT molecular complexity index is 1140. The van der Waals surface area contributed by atoms with Crippen LogP contribution in [0.1, 0.15) is 399 Å². The normalized spacial score (nSPS) is 12.5. The van der Waals surface area contributed by atoms with Crippen LogP contribution in [0.15, 0.2) is 12.2 Å². The van der Waals surface area contributed by atoms with E-state index in [0.29, 0.717) is 25.9 Å². The predicted molar refractivity (Wildman–Crippen MR) is 333 cm³/mol. The fraction of sp³-hybridized carbons (Fsp3) is 0.943. The molecule has 6 heteroatoms. The van der Waals surface area contributed by atoms with Gasteiger partial charge in [0.25, 0.3) is 0 Å². The highest BCUT2D eigenvalue weighted by molar-refractivity contribution is 5.76. The molecule has 2 atom stereocenters. The summed E-state index contributed by atoms with van der Waals surface area (Å²) in [5.74, 6) is -0.0158. The van der Waals surface area contributed by atoms with Crippen LogP contribution in [-0.2, 0) is 14.3 Å². The standard InChI is InChI=1S/C70H137NO5/c1-3-5-7-9-11-13-15-17-18-35-39-42-46-50-54-58-62-68(73)67(66-72)71-69(74)63-59-55-51-47-43-40-36-33-31-29-27-25-23-21-19-20-22-24-26-28-30-32-34-37-41-45-49-53-57-61-65-76-70(75)64-60-56-52-48-44-38-16-14-12-10-8-6-4-2/h14,16,67-68,72-73H,3-13,15,17-66H2,1-2H3,(H,71,74)/b16-14-. The Labute approximate surface area is 476 Å². The number of allylic oxidation sites excluding steroid dienone is 2. The molecule has 0 heterocycles. The van der Waals surface area contributed by atoms with Crippen molar-refractivity contribution in [3.8, 4) is 0 Å². The number of esters is 1. The van der Waals surface area contributed by atoms with Gasteiger partial charge in [-0.2, -0.15) is 0 Å². The summed E-state index contributed by atoms with van der Waals surface area (Å²) in [6, 6.07) is -0.538. The number of unbranched alkanes of at least 4 members (excludes halogenated alkanes) is 53. The van der Waals surface area contributed by atoms with Gasteiger partial charge in [0.05, 0.1) is 25.4 Å². The van der Waals surface area contributed by atoms with E-state index in [4.69, 9.17) is 4.74 Å². The number of rotatable bonds is 66. The minimum Gasteiger partial charge on any atom is -0.466 e. The van der Waals surface area contributed by atoms with Crippen molar-refractivity contribution in [3.63, 3.8) is 0 Å². The van der Waals surface area contributed by atoms with Gasteiger partial charge < -0.3 is 20.3 Å². The zero-order chi connectivity index (χ0) is 55.0. The number of carbonyl (C=O) groups excluding carboxylic acids is 2. The second-order valence-corrected chi connectivity index (χ2v) is 24.2. The number of carbonyl (C=O) groups is 2. The van der Waals surface area contributed by atoms with Gasteiger partial charge >= 0.3 is 5.97 Å². The first-order valence-corrected chi connectivity index (χ1v) is 34.9. The average Bonchev–Trinajstić information content (AvgIpc) is 3.42. The van der Waals surface area contributed by atoms with E-state index in [0.717, 1.165) is 44.9 Å². The lowest BCUT2D eigenvalue weighted by molar-refractivity contribution is -0.143. The van der Waals surface area contributed by atoms with Crippen LogP contribution >= 0.6 is 0 Å². The topological polar surface area (TPSA) is 95.9 Å². The zero-order valence-electron chi connectivity index (χ0n) is 51.8. The van der Waals surface area contributed by atoms with Gasteiger partial charge in [0.1, 0.15) is 0 Å². The molecule has 0 rings (SSSR count). The van der Waals surface area contributed by atoms with Crippen molar-refractivity contribution in [2.45, 2.75) is 411 Å². The summed E-state index contributed by atoms with van der Waals surface area (Å²) < 4.78 is 5.48. The van der Waals surface area contributed by atoms with Gasteiger partial charge in [-0.25, -0.2) is 0 Å². The molecule has 0 aliphatic rings. The van der Waals surface area contributed by atoms with E-state index >= 15 is 0 Å². The molecule has 0 spiro atoms. The minimum absolute atomic E-state index is 0.0116. The third-order valence-electron chi connectivity index (χ3n) is 16.6. The quantitative estimate of drug-likeness (QED) is 0.0320.